The van der Waals surface area contributed by atoms with Crippen molar-refractivity contribution in [1.29, 1.82) is 0 Å². The van der Waals surface area contributed by atoms with Crippen LogP contribution in [0.2, 0.25) is 0 Å². The zero-order valence-electron chi connectivity index (χ0n) is 10.6. The van der Waals surface area contributed by atoms with E-state index in [1.54, 1.807) is 24.3 Å². The van der Waals surface area contributed by atoms with Gasteiger partial charge in [-0.25, -0.2) is 13.1 Å². The van der Waals surface area contributed by atoms with Gasteiger partial charge in [-0.1, -0.05) is 28.1 Å². The van der Waals surface area contributed by atoms with Crippen LogP contribution in [0.15, 0.2) is 45.8 Å². The van der Waals surface area contributed by atoms with E-state index in [9.17, 15) is 13.2 Å². The summed E-state index contributed by atoms with van der Waals surface area (Å²) in [6.07, 6.45) is 1.29. The van der Waals surface area contributed by atoms with E-state index in [0.29, 0.717) is 5.56 Å². The number of rotatable bonds is 4. The first-order valence-electron chi connectivity index (χ1n) is 5.64. The number of aryl methyl sites for hydroxylation is 1. The molecule has 0 aliphatic heterocycles. The highest BCUT2D eigenvalue weighted by Gasteiger charge is 2.12. The van der Waals surface area contributed by atoms with E-state index >= 15 is 0 Å². The molecule has 6 nitrogen and oxygen atoms in total. The number of nitrogens with one attached hydrogen (secondary N) is 1. The molecule has 20 heavy (non-hydrogen) atoms. The molecule has 8 heteroatoms. The maximum atomic E-state index is 12.0. The molecule has 0 saturated carbocycles. The Balaban J connectivity index is 2.16. The van der Waals surface area contributed by atoms with Gasteiger partial charge in [-0.3, -0.25) is 9.52 Å². The zero-order valence-corrected chi connectivity index (χ0v) is 13.0. The zero-order chi connectivity index (χ0) is 14.8. The summed E-state index contributed by atoms with van der Waals surface area (Å²) in [5, 5.41) is 3.75. The van der Waals surface area contributed by atoms with Crippen LogP contribution in [0.3, 0.4) is 0 Å². The van der Waals surface area contributed by atoms with Crippen molar-refractivity contribution in [2.24, 2.45) is 7.05 Å². The number of halogens is 1. The van der Waals surface area contributed by atoms with Crippen molar-refractivity contribution < 1.29 is 8.42 Å². The summed E-state index contributed by atoms with van der Waals surface area (Å²) in [5.74, 6) is -0.171. The lowest BCUT2D eigenvalue weighted by Gasteiger charge is -2.08. The van der Waals surface area contributed by atoms with Crippen molar-refractivity contribution in [3.8, 4) is 0 Å². The second-order valence-electron chi connectivity index (χ2n) is 4.19. The van der Waals surface area contributed by atoms with E-state index in [1.165, 1.54) is 19.3 Å². The highest BCUT2D eigenvalue weighted by molar-refractivity contribution is 9.10. The van der Waals surface area contributed by atoms with E-state index in [4.69, 9.17) is 0 Å². The van der Waals surface area contributed by atoms with Crippen molar-refractivity contribution in [1.82, 2.24) is 9.78 Å². The molecule has 1 N–H and O–H groups in total. The summed E-state index contributed by atoms with van der Waals surface area (Å²) in [7, 11) is -2.10. The fourth-order valence-corrected chi connectivity index (χ4v) is 2.98. The quantitative estimate of drug-likeness (QED) is 0.898. The Bertz CT molecular complexity index is 769. The van der Waals surface area contributed by atoms with Crippen molar-refractivity contribution >= 4 is 31.6 Å². The van der Waals surface area contributed by atoms with Crippen molar-refractivity contribution in [3.05, 3.63) is 56.9 Å². The van der Waals surface area contributed by atoms with Crippen LogP contribution in [0.25, 0.3) is 0 Å². The molecular weight excluding hydrogens is 346 g/mol. The van der Waals surface area contributed by atoms with Crippen LogP contribution >= 0.6 is 15.9 Å². The molecule has 0 spiro atoms. The minimum Gasteiger partial charge on any atom is -0.281 e. The van der Waals surface area contributed by atoms with Crippen LogP contribution in [-0.2, 0) is 22.8 Å². The molecule has 1 aromatic carbocycles. The molecule has 106 valence electrons. The van der Waals surface area contributed by atoms with Gasteiger partial charge in [-0.2, -0.15) is 5.10 Å². The van der Waals surface area contributed by atoms with Gasteiger partial charge >= 0.3 is 0 Å². The largest absolute Gasteiger partial charge is 0.281 e. The maximum absolute atomic E-state index is 12.0. The van der Waals surface area contributed by atoms with Crippen molar-refractivity contribution in [2.45, 2.75) is 5.75 Å². The summed E-state index contributed by atoms with van der Waals surface area (Å²) >= 11 is 3.28. The summed E-state index contributed by atoms with van der Waals surface area (Å²) < 4.78 is 28.3. The normalized spacial score (nSPS) is 11.3. The average Bonchev–Trinajstić information content (AvgIpc) is 2.36. The lowest BCUT2D eigenvalue weighted by atomic mass is 10.2. The smallest absolute Gasteiger partial charge is 0.268 e. The van der Waals surface area contributed by atoms with Crippen molar-refractivity contribution in [3.63, 3.8) is 0 Å². The Morgan fingerprint density at radius 3 is 2.55 bits per heavy atom. The SMILES string of the molecule is Cn1ncc(NS(=O)(=O)Cc2ccc(Br)cc2)cc1=O. The van der Waals surface area contributed by atoms with Gasteiger partial charge in [0.2, 0.25) is 10.0 Å². The first-order chi connectivity index (χ1) is 9.35. The fraction of sp³-hybridized carbons (Fsp3) is 0.167. The van der Waals surface area contributed by atoms with E-state index in [1.807, 2.05) is 0 Å². The Hall–Kier alpha value is -1.67. The second-order valence-corrected chi connectivity index (χ2v) is 6.83. The molecule has 0 radical (unpaired) electrons. The lowest BCUT2D eigenvalue weighted by molar-refractivity contribution is 0.600. The van der Waals surface area contributed by atoms with Crippen LogP contribution in [0.4, 0.5) is 5.69 Å². The molecule has 1 heterocycles. The third-order valence-electron chi connectivity index (χ3n) is 2.51. The summed E-state index contributed by atoms with van der Waals surface area (Å²) in [5.41, 5.74) is 0.427. The van der Waals surface area contributed by atoms with Crippen LogP contribution in [0.5, 0.6) is 0 Å². The Morgan fingerprint density at radius 1 is 1.30 bits per heavy atom. The molecule has 0 bridgehead atoms. The van der Waals surface area contributed by atoms with E-state index in [0.717, 1.165) is 9.15 Å². The first kappa shape index (κ1) is 14.7. The molecule has 0 unspecified atom stereocenters. The molecule has 0 amide bonds. The fourth-order valence-electron chi connectivity index (χ4n) is 1.54. The molecule has 0 saturated heterocycles. The Morgan fingerprint density at radius 2 is 1.95 bits per heavy atom. The summed E-state index contributed by atoms with van der Waals surface area (Å²) in [6.45, 7) is 0. The molecule has 2 rings (SSSR count). The maximum Gasteiger partial charge on any atom is 0.268 e. The van der Waals surface area contributed by atoms with Gasteiger partial charge in [0, 0.05) is 17.6 Å². The van der Waals surface area contributed by atoms with Gasteiger partial charge in [-0.05, 0) is 17.7 Å². The lowest BCUT2D eigenvalue weighted by Crippen LogP contribution is -2.21. The molecule has 0 aliphatic carbocycles. The monoisotopic (exact) mass is 357 g/mol. The van der Waals surface area contributed by atoms with E-state index in [-0.39, 0.29) is 17.0 Å². The molecule has 0 fully saturated rings. The predicted octanol–water partition coefficient (Wildman–Crippen LogP) is 1.48. The third kappa shape index (κ3) is 3.91. The van der Waals surface area contributed by atoms with Crippen LogP contribution < -0.4 is 10.3 Å². The number of hydrogen-bond donors (Lipinski definition) is 1. The van der Waals surface area contributed by atoms with Crippen LogP contribution in [-0.4, -0.2) is 18.2 Å². The minimum absolute atomic E-state index is 0.158. The number of benzene rings is 1. The van der Waals surface area contributed by atoms with E-state index < -0.39 is 10.0 Å². The molecular formula is C12H12BrN3O3S. The summed E-state index contributed by atoms with van der Waals surface area (Å²) in [4.78, 5) is 11.4. The van der Waals surface area contributed by atoms with Gasteiger partial charge < -0.3 is 0 Å². The Labute approximate surface area is 124 Å². The third-order valence-corrected chi connectivity index (χ3v) is 4.30. The first-order valence-corrected chi connectivity index (χ1v) is 8.08. The molecule has 2 aromatic rings. The molecule has 1 aromatic heterocycles. The van der Waals surface area contributed by atoms with Gasteiger partial charge in [0.15, 0.2) is 0 Å². The molecule has 0 atom stereocenters. The standard InChI is InChI=1S/C12H12BrN3O3S/c1-16-12(17)6-11(7-14-16)15-20(18,19)8-9-2-4-10(13)5-3-9/h2-7,15H,8H2,1H3. The summed E-state index contributed by atoms with van der Waals surface area (Å²) in [6, 6.07) is 8.15. The van der Waals surface area contributed by atoms with Gasteiger partial charge in [0.05, 0.1) is 17.6 Å². The number of aromatic nitrogens is 2. The van der Waals surface area contributed by atoms with Crippen LogP contribution in [0, 0.1) is 0 Å². The van der Waals surface area contributed by atoms with Gasteiger partial charge in [-0.15, -0.1) is 0 Å². The number of anilines is 1. The Kier molecular flexibility index (Phi) is 4.24. The van der Waals surface area contributed by atoms with Gasteiger partial charge in [0.25, 0.3) is 5.56 Å². The second kappa shape index (κ2) is 5.76. The highest BCUT2D eigenvalue weighted by atomic mass is 79.9. The van der Waals surface area contributed by atoms with E-state index in [2.05, 4.69) is 25.8 Å². The number of nitrogens with zero attached hydrogens (tertiary/aromatic N) is 2. The topological polar surface area (TPSA) is 81.1 Å². The molecule has 0 aliphatic rings. The highest BCUT2D eigenvalue weighted by Crippen LogP contribution is 2.14. The predicted molar refractivity (Wildman–Crippen MR) is 79.9 cm³/mol. The number of sulfonamides is 1. The van der Waals surface area contributed by atoms with Gasteiger partial charge in [0.1, 0.15) is 0 Å². The van der Waals surface area contributed by atoms with Crippen LogP contribution in [0.1, 0.15) is 5.56 Å². The minimum atomic E-state index is -3.58. The average molecular weight is 358 g/mol. The number of hydrogen-bond acceptors (Lipinski definition) is 4. The van der Waals surface area contributed by atoms with Crippen molar-refractivity contribution in [2.75, 3.05) is 4.72 Å².